The van der Waals surface area contributed by atoms with E-state index < -0.39 is 0 Å². The lowest BCUT2D eigenvalue weighted by atomic mass is 9.58. The van der Waals surface area contributed by atoms with Crippen LogP contribution in [0.1, 0.15) is 140 Å². The van der Waals surface area contributed by atoms with Gasteiger partial charge in [0.1, 0.15) is 5.75 Å². The van der Waals surface area contributed by atoms with Crippen LogP contribution in [0, 0.1) is 31.1 Å². The number of hydrogen-bond acceptors (Lipinski definition) is 1. The quantitative estimate of drug-likeness (QED) is 0.255. The first kappa shape index (κ1) is 29.2. The number of aryl methyl sites for hydroxylation is 2. The van der Waals surface area contributed by atoms with Gasteiger partial charge in [0.2, 0.25) is 0 Å². The zero-order valence-corrected chi connectivity index (χ0v) is 25.4. The van der Waals surface area contributed by atoms with Gasteiger partial charge in [-0.15, -0.1) is 0 Å². The monoisotopic (exact) mass is 516 g/mol. The summed E-state index contributed by atoms with van der Waals surface area (Å²) in [5.41, 5.74) is 7.54. The van der Waals surface area contributed by atoms with E-state index in [1.807, 2.05) is 0 Å². The second-order valence-corrected chi connectivity index (χ2v) is 13.0. The summed E-state index contributed by atoms with van der Waals surface area (Å²) in [6, 6.07) is 14.0. The van der Waals surface area contributed by atoms with E-state index in [2.05, 4.69) is 71.0 Å². The molecule has 2 aromatic carbocycles. The molecule has 1 nitrogen and oxygen atoms in total. The van der Waals surface area contributed by atoms with Crippen LogP contribution in [-0.4, -0.2) is 6.61 Å². The maximum atomic E-state index is 5.99. The standard InChI is InChI=1S/C37H56O/c1-6-8-11-22-37(23-12-10-13-24-37)34-18-14-31(15-19-34)30(5)32-16-20-35(28(3)26-32)33-17-21-36(29(4)27-33)38-25-9-7-2/h16-17,20-21,26-27,30-31,34H,6-15,18-19,22-25H2,1-5H3. The molecule has 2 fully saturated rings. The number of hydrogen-bond donors (Lipinski definition) is 0. The maximum Gasteiger partial charge on any atom is 0.122 e. The van der Waals surface area contributed by atoms with E-state index in [0.717, 1.165) is 30.6 Å². The molecule has 4 rings (SSSR count). The molecule has 0 radical (unpaired) electrons. The van der Waals surface area contributed by atoms with Crippen molar-refractivity contribution < 1.29 is 4.74 Å². The van der Waals surface area contributed by atoms with Gasteiger partial charge >= 0.3 is 0 Å². The molecular weight excluding hydrogens is 460 g/mol. The van der Waals surface area contributed by atoms with E-state index in [0.29, 0.717) is 11.3 Å². The van der Waals surface area contributed by atoms with Crippen LogP contribution in [0.15, 0.2) is 36.4 Å². The average molecular weight is 517 g/mol. The van der Waals surface area contributed by atoms with Crippen molar-refractivity contribution >= 4 is 0 Å². The number of rotatable bonds is 12. The first-order chi connectivity index (χ1) is 18.5. The van der Waals surface area contributed by atoms with Crippen molar-refractivity contribution in [2.24, 2.45) is 17.3 Å². The van der Waals surface area contributed by atoms with Gasteiger partial charge in [-0.2, -0.15) is 0 Å². The molecule has 1 heteroatoms. The summed E-state index contributed by atoms with van der Waals surface area (Å²) < 4.78 is 5.99. The Hall–Kier alpha value is -1.76. The lowest BCUT2D eigenvalue weighted by Crippen LogP contribution is -2.36. The van der Waals surface area contributed by atoms with Crippen molar-refractivity contribution in [1.82, 2.24) is 0 Å². The highest BCUT2D eigenvalue weighted by molar-refractivity contribution is 5.69. The zero-order valence-electron chi connectivity index (χ0n) is 25.4. The molecule has 2 aromatic rings. The van der Waals surface area contributed by atoms with E-state index in [-0.39, 0.29) is 0 Å². The van der Waals surface area contributed by atoms with Crippen molar-refractivity contribution in [1.29, 1.82) is 0 Å². The van der Waals surface area contributed by atoms with Gasteiger partial charge in [-0.05, 0) is 128 Å². The maximum absolute atomic E-state index is 5.99. The molecular formula is C37H56O. The van der Waals surface area contributed by atoms with Crippen LogP contribution < -0.4 is 4.74 Å². The lowest BCUT2D eigenvalue weighted by Gasteiger charge is -2.47. The van der Waals surface area contributed by atoms with E-state index >= 15 is 0 Å². The fourth-order valence-corrected chi connectivity index (χ4v) is 7.95. The zero-order chi connectivity index (χ0) is 27.0. The molecule has 0 N–H and O–H groups in total. The molecule has 0 spiro atoms. The van der Waals surface area contributed by atoms with Crippen LogP contribution >= 0.6 is 0 Å². The fraction of sp³-hybridized carbons (Fsp3) is 0.676. The molecule has 2 saturated carbocycles. The Morgan fingerprint density at radius 1 is 0.816 bits per heavy atom. The molecule has 0 heterocycles. The first-order valence-electron chi connectivity index (χ1n) is 16.3. The van der Waals surface area contributed by atoms with Gasteiger partial charge in [0.15, 0.2) is 0 Å². The summed E-state index contributed by atoms with van der Waals surface area (Å²) in [4.78, 5) is 0. The molecule has 0 bridgehead atoms. The van der Waals surface area contributed by atoms with E-state index in [1.54, 1.807) is 5.56 Å². The summed E-state index contributed by atoms with van der Waals surface area (Å²) in [5, 5.41) is 0. The third-order valence-corrected chi connectivity index (χ3v) is 10.5. The number of ether oxygens (including phenoxy) is 1. The average Bonchev–Trinajstić information content (AvgIpc) is 2.94. The highest BCUT2D eigenvalue weighted by Gasteiger charge is 2.41. The molecule has 0 aromatic heterocycles. The summed E-state index contributed by atoms with van der Waals surface area (Å²) in [6.45, 7) is 12.4. The number of unbranched alkanes of at least 4 members (excludes halogenated alkanes) is 3. The Balaban J connectivity index is 1.38. The largest absolute Gasteiger partial charge is 0.493 e. The van der Waals surface area contributed by atoms with Crippen molar-refractivity contribution in [2.75, 3.05) is 6.61 Å². The van der Waals surface area contributed by atoms with Crippen LogP contribution in [0.4, 0.5) is 0 Å². The normalized spacial score (nSPS) is 22.2. The van der Waals surface area contributed by atoms with Crippen LogP contribution in [0.5, 0.6) is 5.75 Å². The third kappa shape index (κ3) is 7.05. The summed E-state index contributed by atoms with van der Waals surface area (Å²) in [5.74, 6) is 3.52. The lowest BCUT2D eigenvalue weighted by molar-refractivity contribution is 0.0409. The molecule has 1 atom stereocenters. The Bertz CT molecular complexity index is 990. The van der Waals surface area contributed by atoms with Crippen molar-refractivity contribution in [3.8, 4) is 16.9 Å². The smallest absolute Gasteiger partial charge is 0.122 e. The first-order valence-corrected chi connectivity index (χ1v) is 16.3. The van der Waals surface area contributed by atoms with Crippen LogP contribution in [0.3, 0.4) is 0 Å². The van der Waals surface area contributed by atoms with Crippen LogP contribution in [0.2, 0.25) is 0 Å². The minimum atomic E-state index is 0.655. The van der Waals surface area contributed by atoms with Gasteiger partial charge in [0.25, 0.3) is 0 Å². The number of benzene rings is 2. The van der Waals surface area contributed by atoms with Crippen molar-refractivity contribution in [2.45, 2.75) is 137 Å². The molecule has 2 aliphatic rings. The summed E-state index contributed by atoms with van der Waals surface area (Å²) in [6.07, 6.45) is 21.4. The predicted molar refractivity (Wildman–Crippen MR) is 165 cm³/mol. The molecule has 0 amide bonds. The van der Waals surface area contributed by atoms with Crippen LogP contribution in [0.25, 0.3) is 11.1 Å². The van der Waals surface area contributed by atoms with Crippen LogP contribution in [-0.2, 0) is 0 Å². The summed E-state index contributed by atoms with van der Waals surface area (Å²) in [7, 11) is 0. The topological polar surface area (TPSA) is 9.23 Å². The second-order valence-electron chi connectivity index (χ2n) is 13.0. The van der Waals surface area contributed by atoms with Gasteiger partial charge in [-0.1, -0.05) is 90.0 Å². The van der Waals surface area contributed by atoms with Gasteiger partial charge in [-0.25, -0.2) is 0 Å². The minimum Gasteiger partial charge on any atom is -0.493 e. The minimum absolute atomic E-state index is 0.655. The fourth-order valence-electron chi connectivity index (χ4n) is 7.95. The van der Waals surface area contributed by atoms with Gasteiger partial charge in [-0.3, -0.25) is 0 Å². The van der Waals surface area contributed by atoms with Crippen molar-refractivity contribution in [3.63, 3.8) is 0 Å². The van der Waals surface area contributed by atoms with E-state index in [9.17, 15) is 0 Å². The SMILES string of the molecule is CCCCCC1(C2CCC(C(C)c3ccc(-c4ccc(OCCCC)c(C)c4)c(C)c3)CC2)CCCCC1. The molecule has 0 aliphatic heterocycles. The molecule has 1 unspecified atom stereocenters. The van der Waals surface area contributed by atoms with E-state index in [1.165, 1.54) is 112 Å². The predicted octanol–water partition coefficient (Wildman–Crippen LogP) is 11.6. The Morgan fingerprint density at radius 3 is 2.21 bits per heavy atom. The van der Waals surface area contributed by atoms with Gasteiger partial charge in [0.05, 0.1) is 6.61 Å². The molecule has 38 heavy (non-hydrogen) atoms. The Kier molecular flexibility index (Phi) is 10.8. The third-order valence-electron chi connectivity index (χ3n) is 10.5. The highest BCUT2D eigenvalue weighted by Crippen LogP contribution is 2.53. The molecule has 0 saturated heterocycles. The molecule has 2 aliphatic carbocycles. The summed E-state index contributed by atoms with van der Waals surface area (Å²) >= 11 is 0. The Morgan fingerprint density at radius 2 is 1.55 bits per heavy atom. The van der Waals surface area contributed by atoms with E-state index in [4.69, 9.17) is 4.74 Å². The van der Waals surface area contributed by atoms with Gasteiger partial charge < -0.3 is 4.74 Å². The molecule has 210 valence electrons. The highest BCUT2D eigenvalue weighted by atomic mass is 16.5. The van der Waals surface area contributed by atoms with Crippen molar-refractivity contribution in [3.05, 3.63) is 53.1 Å². The second kappa shape index (κ2) is 14.0. The van der Waals surface area contributed by atoms with Gasteiger partial charge in [0, 0.05) is 0 Å². The Labute approximate surface area is 235 Å².